The molecule has 0 N–H and O–H groups in total. The summed E-state index contributed by atoms with van der Waals surface area (Å²) in [5.74, 6) is 0. The summed E-state index contributed by atoms with van der Waals surface area (Å²) in [5, 5.41) is 2.33. The summed E-state index contributed by atoms with van der Waals surface area (Å²) < 4.78 is 3.44. The monoisotopic (exact) mass is 319 g/mol. The first-order chi connectivity index (χ1) is 11.2. The third-order valence-corrected chi connectivity index (χ3v) is 4.89. The van der Waals surface area contributed by atoms with Gasteiger partial charge in [0.05, 0.1) is 20.9 Å². The second-order valence-electron chi connectivity index (χ2n) is 5.49. The zero-order chi connectivity index (χ0) is 15.8. The van der Waals surface area contributed by atoms with Crippen molar-refractivity contribution in [2.75, 3.05) is 0 Å². The second kappa shape index (κ2) is 5.63. The Bertz CT molecular complexity index is 1070. The van der Waals surface area contributed by atoms with Crippen molar-refractivity contribution in [1.29, 1.82) is 0 Å². The normalized spacial score (nSPS) is 12.3. The molecule has 2 aromatic heterocycles. The molecule has 4 rings (SSSR count). The highest BCUT2D eigenvalue weighted by atomic mass is 32.1. The second-order valence-corrected chi connectivity index (χ2v) is 6.73. The van der Waals surface area contributed by atoms with Crippen LogP contribution in [0.5, 0.6) is 0 Å². The van der Waals surface area contributed by atoms with E-state index < -0.39 is 0 Å². The minimum absolute atomic E-state index is 0.891. The van der Waals surface area contributed by atoms with Crippen molar-refractivity contribution < 1.29 is 0 Å². The lowest BCUT2D eigenvalue weighted by atomic mass is 10.2. The van der Waals surface area contributed by atoms with E-state index in [-0.39, 0.29) is 0 Å². The molecule has 0 aliphatic rings. The zero-order valence-electron chi connectivity index (χ0n) is 13.2. The molecule has 0 aliphatic carbocycles. The third-order valence-electron chi connectivity index (χ3n) is 3.95. The van der Waals surface area contributed by atoms with Crippen LogP contribution in [0.3, 0.4) is 0 Å². The van der Waals surface area contributed by atoms with Gasteiger partial charge in [0.25, 0.3) is 0 Å². The lowest BCUT2D eigenvalue weighted by Gasteiger charge is -2.09. The van der Waals surface area contributed by atoms with E-state index in [0.717, 1.165) is 28.2 Å². The predicted octanol–water partition coefficient (Wildman–Crippen LogP) is 4.81. The Morgan fingerprint density at radius 3 is 2.83 bits per heavy atom. The molecule has 0 aliphatic heterocycles. The summed E-state index contributed by atoms with van der Waals surface area (Å²) >= 11 is 1.71. The highest BCUT2D eigenvalue weighted by Gasteiger charge is 2.02. The van der Waals surface area contributed by atoms with Gasteiger partial charge >= 0.3 is 0 Å². The fourth-order valence-corrected chi connectivity index (χ4v) is 3.77. The molecule has 0 unspecified atom stereocenters. The topological polar surface area (TPSA) is 30.2 Å². The highest BCUT2D eigenvalue weighted by Crippen LogP contribution is 2.25. The van der Waals surface area contributed by atoms with E-state index in [0.29, 0.717) is 0 Å². The van der Waals surface area contributed by atoms with E-state index in [1.807, 2.05) is 13.0 Å². The van der Waals surface area contributed by atoms with E-state index in [9.17, 15) is 0 Å². The molecular formula is C19H17N3S. The summed E-state index contributed by atoms with van der Waals surface area (Å²) in [7, 11) is 0. The molecule has 0 atom stereocenters. The van der Waals surface area contributed by atoms with Crippen LogP contribution in [0.4, 0.5) is 5.69 Å². The molecule has 0 fully saturated rings. The Hall–Kier alpha value is -2.46. The van der Waals surface area contributed by atoms with Crippen molar-refractivity contribution in [1.82, 2.24) is 9.55 Å². The van der Waals surface area contributed by atoms with Crippen molar-refractivity contribution in [3.8, 4) is 0 Å². The summed E-state index contributed by atoms with van der Waals surface area (Å²) in [4.78, 5) is 9.37. The standard InChI is InChI=1S/C19H17N3S/c1-3-22-17-7-5-4-6-14(17)8-11-19(22)21-15-9-10-16-18(12-15)23-13(2)20-16/h4-12H,3H2,1-2H3. The van der Waals surface area contributed by atoms with Crippen molar-refractivity contribution in [2.45, 2.75) is 20.4 Å². The Kier molecular flexibility index (Phi) is 3.46. The Balaban J connectivity index is 1.93. The van der Waals surface area contributed by atoms with Gasteiger partial charge < -0.3 is 4.57 Å². The minimum Gasteiger partial charge on any atom is -0.326 e. The van der Waals surface area contributed by atoms with Crippen LogP contribution in [0.15, 0.2) is 59.6 Å². The largest absolute Gasteiger partial charge is 0.326 e. The van der Waals surface area contributed by atoms with E-state index in [1.54, 1.807) is 11.3 Å². The predicted molar refractivity (Wildman–Crippen MR) is 97.2 cm³/mol. The van der Waals surface area contributed by atoms with Crippen LogP contribution in [0.2, 0.25) is 0 Å². The van der Waals surface area contributed by atoms with Gasteiger partial charge in [0.15, 0.2) is 0 Å². The molecule has 0 saturated carbocycles. The van der Waals surface area contributed by atoms with Gasteiger partial charge in [0.1, 0.15) is 5.49 Å². The van der Waals surface area contributed by atoms with Crippen LogP contribution in [-0.4, -0.2) is 9.55 Å². The smallest absolute Gasteiger partial charge is 0.133 e. The van der Waals surface area contributed by atoms with Crippen LogP contribution in [-0.2, 0) is 6.54 Å². The van der Waals surface area contributed by atoms with Crippen molar-refractivity contribution >= 4 is 38.1 Å². The molecule has 2 aromatic carbocycles. The molecule has 3 nitrogen and oxygen atoms in total. The lowest BCUT2D eigenvalue weighted by molar-refractivity contribution is 0.745. The van der Waals surface area contributed by atoms with Crippen LogP contribution >= 0.6 is 11.3 Å². The first-order valence-corrected chi connectivity index (χ1v) is 8.57. The third kappa shape index (κ3) is 2.55. The molecule has 2 heterocycles. The molecule has 23 heavy (non-hydrogen) atoms. The number of hydrogen-bond acceptors (Lipinski definition) is 3. The molecule has 0 bridgehead atoms. The molecule has 4 heteroatoms. The number of aryl methyl sites for hydroxylation is 2. The van der Waals surface area contributed by atoms with Gasteiger partial charge in [0, 0.05) is 12.1 Å². The summed E-state index contributed by atoms with van der Waals surface area (Å²) in [6.07, 6.45) is 0. The van der Waals surface area contributed by atoms with E-state index in [2.05, 4.69) is 65.0 Å². The SMILES string of the molecule is CCn1c(=Nc2ccc3nc(C)sc3c2)ccc2ccccc21. The van der Waals surface area contributed by atoms with Gasteiger partial charge in [0.2, 0.25) is 0 Å². The van der Waals surface area contributed by atoms with Crippen LogP contribution in [0, 0.1) is 6.92 Å². The lowest BCUT2D eigenvalue weighted by Crippen LogP contribution is -2.19. The number of rotatable bonds is 2. The minimum atomic E-state index is 0.891. The molecule has 4 aromatic rings. The number of pyridine rings is 1. The van der Waals surface area contributed by atoms with Gasteiger partial charge in [-0.2, -0.15) is 0 Å². The quantitative estimate of drug-likeness (QED) is 0.521. The number of para-hydroxylation sites is 1. The summed E-state index contributed by atoms with van der Waals surface area (Å²) in [6, 6.07) is 18.9. The van der Waals surface area contributed by atoms with Crippen LogP contribution in [0.1, 0.15) is 11.9 Å². The van der Waals surface area contributed by atoms with Crippen LogP contribution < -0.4 is 5.49 Å². The molecule has 0 saturated heterocycles. The molecule has 114 valence electrons. The zero-order valence-corrected chi connectivity index (χ0v) is 14.0. The fraction of sp³-hybridized carbons (Fsp3) is 0.158. The maximum absolute atomic E-state index is 4.86. The number of fused-ring (bicyclic) bond motifs is 2. The Morgan fingerprint density at radius 2 is 1.96 bits per heavy atom. The Labute approximate surface area is 138 Å². The van der Waals surface area contributed by atoms with Gasteiger partial charge in [-0.1, -0.05) is 18.2 Å². The number of thiazole rings is 1. The van der Waals surface area contributed by atoms with E-state index in [1.165, 1.54) is 15.6 Å². The number of nitrogens with zero attached hydrogens (tertiary/aromatic N) is 3. The number of benzene rings is 2. The number of hydrogen-bond donors (Lipinski definition) is 0. The maximum Gasteiger partial charge on any atom is 0.133 e. The van der Waals surface area contributed by atoms with Gasteiger partial charge in [-0.3, -0.25) is 0 Å². The van der Waals surface area contributed by atoms with Gasteiger partial charge in [-0.15, -0.1) is 11.3 Å². The van der Waals surface area contributed by atoms with Crippen LogP contribution in [0.25, 0.3) is 21.1 Å². The Morgan fingerprint density at radius 1 is 1.09 bits per heavy atom. The van der Waals surface area contributed by atoms with Gasteiger partial charge in [-0.25, -0.2) is 9.98 Å². The van der Waals surface area contributed by atoms with Gasteiger partial charge in [-0.05, 0) is 55.6 Å². The highest BCUT2D eigenvalue weighted by molar-refractivity contribution is 7.18. The van der Waals surface area contributed by atoms with Crippen molar-refractivity contribution in [3.63, 3.8) is 0 Å². The fourth-order valence-electron chi connectivity index (χ4n) is 2.91. The average Bonchev–Trinajstić information content (AvgIpc) is 2.94. The first kappa shape index (κ1) is 14.2. The molecule has 0 spiro atoms. The van der Waals surface area contributed by atoms with Crippen molar-refractivity contribution in [3.05, 3.63) is 65.1 Å². The number of aromatic nitrogens is 2. The summed E-state index contributed by atoms with van der Waals surface area (Å²) in [6.45, 7) is 5.08. The molecular weight excluding hydrogens is 302 g/mol. The first-order valence-electron chi connectivity index (χ1n) is 7.75. The van der Waals surface area contributed by atoms with E-state index in [4.69, 9.17) is 4.99 Å². The average molecular weight is 319 g/mol. The maximum atomic E-state index is 4.86. The molecule has 0 radical (unpaired) electrons. The summed E-state index contributed by atoms with van der Waals surface area (Å²) in [5.41, 5.74) is 4.21. The van der Waals surface area contributed by atoms with E-state index >= 15 is 0 Å². The van der Waals surface area contributed by atoms with Crippen molar-refractivity contribution in [2.24, 2.45) is 4.99 Å². The molecule has 0 amide bonds.